The molecule has 6 nitrogen and oxygen atoms in total. The number of anilines is 1. The summed E-state index contributed by atoms with van der Waals surface area (Å²) in [5.41, 5.74) is 4.19. The first-order valence-corrected chi connectivity index (χ1v) is 8.84. The average molecular weight is 337 g/mol. The molecule has 1 aromatic carbocycles. The fourth-order valence-corrected chi connectivity index (χ4v) is 3.58. The highest BCUT2D eigenvalue weighted by Crippen LogP contribution is 2.30. The fourth-order valence-electron chi connectivity index (χ4n) is 3.58. The van der Waals surface area contributed by atoms with Crippen LogP contribution in [0.5, 0.6) is 5.75 Å². The highest BCUT2D eigenvalue weighted by Gasteiger charge is 2.26. The van der Waals surface area contributed by atoms with E-state index in [1.165, 1.54) is 5.56 Å². The molecule has 6 heteroatoms. The molecular weight excluding hydrogens is 314 g/mol. The van der Waals surface area contributed by atoms with Gasteiger partial charge in [-0.05, 0) is 48.4 Å². The first-order valence-electron chi connectivity index (χ1n) is 8.84. The number of benzene rings is 1. The second kappa shape index (κ2) is 6.35. The van der Waals surface area contributed by atoms with Crippen molar-refractivity contribution in [1.29, 1.82) is 0 Å². The quantitative estimate of drug-likeness (QED) is 0.793. The van der Waals surface area contributed by atoms with Crippen molar-refractivity contribution >= 4 is 11.3 Å². The van der Waals surface area contributed by atoms with Crippen molar-refractivity contribution in [1.82, 2.24) is 19.8 Å². The van der Waals surface area contributed by atoms with Crippen LogP contribution in [0, 0.1) is 5.92 Å². The van der Waals surface area contributed by atoms with E-state index >= 15 is 0 Å². The Labute approximate surface area is 147 Å². The number of hydrogen-bond donors (Lipinski definition) is 1. The molecule has 1 unspecified atom stereocenters. The monoisotopic (exact) mass is 337 g/mol. The van der Waals surface area contributed by atoms with Gasteiger partial charge in [0.2, 0.25) is 5.65 Å². The van der Waals surface area contributed by atoms with Gasteiger partial charge in [-0.15, -0.1) is 10.2 Å². The fraction of sp³-hybridized carbons (Fsp3) is 0.421. The largest absolute Gasteiger partial charge is 0.508 e. The van der Waals surface area contributed by atoms with Gasteiger partial charge in [-0.1, -0.05) is 26.0 Å². The molecular formula is C19H23N5O. The molecule has 0 aliphatic carbocycles. The molecule has 0 bridgehead atoms. The third-order valence-corrected chi connectivity index (χ3v) is 4.92. The Kier molecular flexibility index (Phi) is 4.03. The zero-order valence-electron chi connectivity index (χ0n) is 14.6. The topological polar surface area (TPSA) is 66.5 Å². The lowest BCUT2D eigenvalue weighted by atomic mass is 9.98. The van der Waals surface area contributed by atoms with Crippen LogP contribution in [0.25, 0.3) is 5.65 Å². The lowest BCUT2D eigenvalue weighted by Crippen LogP contribution is -2.22. The smallest absolute Gasteiger partial charge is 0.200 e. The summed E-state index contributed by atoms with van der Waals surface area (Å²) in [4.78, 5) is 2.39. The summed E-state index contributed by atoms with van der Waals surface area (Å²) in [6.45, 7) is 6.29. The molecule has 0 radical (unpaired) electrons. The Balaban J connectivity index is 1.57. The summed E-state index contributed by atoms with van der Waals surface area (Å²) in [6, 6.07) is 9.74. The minimum Gasteiger partial charge on any atom is -0.508 e. The van der Waals surface area contributed by atoms with Gasteiger partial charge in [0, 0.05) is 13.1 Å². The number of rotatable bonds is 4. The zero-order valence-corrected chi connectivity index (χ0v) is 14.6. The number of nitrogens with zero attached hydrogens (tertiary/aromatic N) is 5. The van der Waals surface area contributed by atoms with E-state index in [2.05, 4.69) is 46.2 Å². The van der Waals surface area contributed by atoms with Gasteiger partial charge in [0.1, 0.15) is 12.1 Å². The van der Waals surface area contributed by atoms with Gasteiger partial charge in [0.05, 0.1) is 11.4 Å². The van der Waals surface area contributed by atoms with Crippen LogP contribution in [0.2, 0.25) is 0 Å². The number of fused-ring (bicyclic) bond motifs is 1. The molecule has 0 saturated carbocycles. The van der Waals surface area contributed by atoms with Crippen LogP contribution in [-0.2, 0) is 6.42 Å². The molecule has 1 N–H and O–H groups in total. The van der Waals surface area contributed by atoms with E-state index in [9.17, 15) is 5.11 Å². The van der Waals surface area contributed by atoms with E-state index in [4.69, 9.17) is 0 Å². The standard InChI is InChI=1S/C19H23N5O/c1-13(2)17-10-18(19-21-20-12-24(19)22-17)23-7-6-15(11-23)8-14-4-3-5-16(25)9-14/h3-5,9-10,12-13,15,25H,6-8,11H2,1-2H3. The lowest BCUT2D eigenvalue weighted by molar-refractivity contribution is 0.473. The van der Waals surface area contributed by atoms with Crippen LogP contribution >= 0.6 is 0 Å². The van der Waals surface area contributed by atoms with Gasteiger partial charge < -0.3 is 10.0 Å². The van der Waals surface area contributed by atoms with Crippen molar-refractivity contribution in [2.75, 3.05) is 18.0 Å². The number of phenolic OH excluding ortho intramolecular Hbond substituents is 1. The molecule has 1 atom stereocenters. The Morgan fingerprint density at radius 3 is 2.96 bits per heavy atom. The molecule has 25 heavy (non-hydrogen) atoms. The minimum absolute atomic E-state index is 0.341. The van der Waals surface area contributed by atoms with Crippen LogP contribution in [0.15, 0.2) is 36.7 Å². The van der Waals surface area contributed by atoms with E-state index in [0.717, 1.165) is 43.0 Å². The van der Waals surface area contributed by atoms with Gasteiger partial charge in [-0.3, -0.25) is 0 Å². The minimum atomic E-state index is 0.341. The highest BCUT2D eigenvalue weighted by atomic mass is 16.3. The van der Waals surface area contributed by atoms with Gasteiger partial charge in [-0.2, -0.15) is 9.61 Å². The summed E-state index contributed by atoms with van der Waals surface area (Å²) < 4.78 is 1.78. The summed E-state index contributed by atoms with van der Waals surface area (Å²) >= 11 is 0. The second-order valence-electron chi connectivity index (χ2n) is 7.18. The lowest BCUT2D eigenvalue weighted by Gasteiger charge is -2.20. The number of phenols is 1. The summed E-state index contributed by atoms with van der Waals surface area (Å²) in [5.74, 6) is 1.27. The van der Waals surface area contributed by atoms with E-state index in [-0.39, 0.29) is 0 Å². The van der Waals surface area contributed by atoms with Crippen LogP contribution in [0.3, 0.4) is 0 Å². The molecule has 0 amide bonds. The SMILES string of the molecule is CC(C)c1cc(N2CCC(Cc3cccc(O)c3)C2)c2nncn2n1. The Hall–Kier alpha value is -2.63. The number of aromatic hydroxyl groups is 1. The summed E-state index contributed by atoms with van der Waals surface area (Å²) in [7, 11) is 0. The van der Waals surface area contributed by atoms with Crippen LogP contribution in [0.4, 0.5) is 5.69 Å². The third-order valence-electron chi connectivity index (χ3n) is 4.92. The highest BCUT2D eigenvalue weighted by molar-refractivity contribution is 5.68. The maximum absolute atomic E-state index is 9.66. The predicted octanol–water partition coefficient (Wildman–Crippen LogP) is 3.02. The van der Waals surface area contributed by atoms with Crippen molar-refractivity contribution in [3.05, 3.63) is 47.9 Å². The molecule has 1 aliphatic heterocycles. The summed E-state index contributed by atoms with van der Waals surface area (Å²) in [6.07, 6.45) is 3.79. The average Bonchev–Trinajstić information content (AvgIpc) is 3.22. The first-order chi connectivity index (χ1) is 12.1. The summed E-state index contributed by atoms with van der Waals surface area (Å²) in [5, 5.41) is 22.5. The van der Waals surface area contributed by atoms with Crippen LogP contribution in [-0.4, -0.2) is 38.0 Å². The molecule has 130 valence electrons. The molecule has 3 heterocycles. The van der Waals surface area contributed by atoms with Gasteiger partial charge in [0.15, 0.2) is 0 Å². The molecule has 1 fully saturated rings. The zero-order chi connectivity index (χ0) is 17.4. The second-order valence-corrected chi connectivity index (χ2v) is 7.18. The third kappa shape index (κ3) is 3.16. The molecule has 4 rings (SSSR count). The van der Waals surface area contributed by atoms with Crippen LogP contribution < -0.4 is 4.90 Å². The normalized spacial score (nSPS) is 17.7. The Morgan fingerprint density at radius 2 is 2.16 bits per heavy atom. The van der Waals surface area contributed by atoms with Crippen molar-refractivity contribution < 1.29 is 5.11 Å². The molecule has 1 aliphatic rings. The van der Waals surface area contributed by atoms with Crippen LogP contribution in [0.1, 0.15) is 37.4 Å². The van der Waals surface area contributed by atoms with E-state index in [0.29, 0.717) is 17.6 Å². The molecule has 2 aromatic heterocycles. The van der Waals surface area contributed by atoms with Crippen molar-refractivity contribution in [3.8, 4) is 5.75 Å². The van der Waals surface area contributed by atoms with Gasteiger partial charge in [-0.25, -0.2) is 0 Å². The number of aromatic nitrogens is 4. The Bertz CT molecular complexity index is 888. The number of hydrogen-bond acceptors (Lipinski definition) is 5. The predicted molar refractivity (Wildman–Crippen MR) is 97.0 cm³/mol. The molecule has 3 aromatic rings. The van der Waals surface area contributed by atoms with E-state index in [1.807, 2.05) is 12.1 Å². The van der Waals surface area contributed by atoms with E-state index < -0.39 is 0 Å². The van der Waals surface area contributed by atoms with Crippen molar-refractivity contribution in [3.63, 3.8) is 0 Å². The van der Waals surface area contributed by atoms with Crippen molar-refractivity contribution in [2.24, 2.45) is 5.92 Å². The molecule has 0 spiro atoms. The van der Waals surface area contributed by atoms with Gasteiger partial charge in [0.25, 0.3) is 0 Å². The maximum atomic E-state index is 9.66. The first kappa shape index (κ1) is 15.9. The van der Waals surface area contributed by atoms with Gasteiger partial charge >= 0.3 is 0 Å². The van der Waals surface area contributed by atoms with E-state index in [1.54, 1.807) is 16.9 Å². The Morgan fingerprint density at radius 1 is 1.28 bits per heavy atom. The van der Waals surface area contributed by atoms with Crippen molar-refractivity contribution in [2.45, 2.75) is 32.6 Å². The maximum Gasteiger partial charge on any atom is 0.200 e. The molecule has 1 saturated heterocycles.